The Labute approximate surface area is 578 Å². The lowest BCUT2D eigenvalue weighted by Crippen LogP contribution is -2.07. The zero-order chi connectivity index (χ0) is 66.0. The van der Waals surface area contributed by atoms with Gasteiger partial charge in [0.25, 0.3) is 0 Å². The highest BCUT2D eigenvalue weighted by atomic mass is 15.0. The fourth-order valence-electron chi connectivity index (χ4n) is 15.3. The van der Waals surface area contributed by atoms with Crippen molar-refractivity contribution < 1.29 is 0 Å². The van der Waals surface area contributed by atoms with Crippen molar-refractivity contribution in [2.45, 2.75) is 6.54 Å². The molecule has 4 heterocycles. The van der Waals surface area contributed by atoms with Gasteiger partial charge in [0, 0.05) is 66.7 Å². The van der Waals surface area contributed by atoms with Crippen LogP contribution in [0.5, 0.6) is 0 Å². The van der Waals surface area contributed by atoms with Gasteiger partial charge >= 0.3 is 0 Å². The number of nitrogens with zero attached hydrogens (tertiary/aromatic N) is 6. The van der Waals surface area contributed by atoms with Crippen LogP contribution in [-0.4, -0.2) is 28.7 Å². The van der Waals surface area contributed by atoms with Crippen molar-refractivity contribution in [3.05, 3.63) is 370 Å². The fourth-order valence-corrected chi connectivity index (χ4v) is 15.3. The summed E-state index contributed by atoms with van der Waals surface area (Å²) in [5.41, 5.74) is 26.1. The van der Waals surface area contributed by atoms with E-state index in [1.807, 2.05) is 36.4 Å². The smallest absolute Gasteiger partial charge is 0.164 e. The molecule has 15 aromatic carbocycles. The number of rotatable bonds is 13. The third kappa shape index (κ3) is 10.1. The van der Waals surface area contributed by atoms with E-state index >= 15 is 0 Å². The second-order valence-corrected chi connectivity index (χ2v) is 25.8. The molecular formula is C94H62N6. The van der Waals surface area contributed by atoms with E-state index in [0.29, 0.717) is 24.0 Å². The maximum Gasteiger partial charge on any atom is 0.164 e. The van der Waals surface area contributed by atoms with Crippen molar-refractivity contribution in [3.63, 3.8) is 0 Å². The lowest BCUT2D eigenvalue weighted by atomic mass is 9.88. The van der Waals surface area contributed by atoms with E-state index in [0.717, 1.165) is 144 Å². The van der Waals surface area contributed by atoms with Gasteiger partial charge in [0.1, 0.15) is 0 Å². The van der Waals surface area contributed by atoms with Crippen LogP contribution < -0.4 is 0 Å². The normalized spacial score (nSPS) is 11.6. The largest absolute Gasteiger partial charge is 0.336 e. The summed E-state index contributed by atoms with van der Waals surface area (Å²) in [6.07, 6.45) is 0. The first kappa shape index (κ1) is 58.1. The second kappa shape index (κ2) is 24.4. The Morgan fingerprint density at radius 2 is 0.450 bits per heavy atom. The molecule has 0 aliphatic heterocycles. The molecule has 0 spiro atoms. The molecule has 100 heavy (non-hydrogen) atoms. The molecule has 0 unspecified atom stereocenters. The first-order valence-corrected chi connectivity index (χ1v) is 34.2. The van der Waals surface area contributed by atoms with Crippen LogP contribution in [0.3, 0.4) is 0 Å². The van der Waals surface area contributed by atoms with E-state index in [2.05, 4.69) is 341 Å². The van der Waals surface area contributed by atoms with Gasteiger partial charge < -0.3 is 13.7 Å². The van der Waals surface area contributed by atoms with E-state index in [-0.39, 0.29) is 0 Å². The molecule has 6 heteroatoms. The summed E-state index contributed by atoms with van der Waals surface area (Å²) in [5.74, 6) is 1.78. The first-order chi connectivity index (χ1) is 49.6. The monoisotopic (exact) mass is 1270 g/mol. The maximum atomic E-state index is 5.45. The first-order valence-electron chi connectivity index (χ1n) is 34.2. The Morgan fingerprint density at radius 1 is 0.190 bits per heavy atom. The summed E-state index contributed by atoms with van der Waals surface area (Å²) in [6.45, 7) is 0.460. The Hall–Kier alpha value is -13.3. The standard InChI is InChI=1S/C94H62N6/c1-7-27-62(28-8-1)64-47-51-68(52-48-64)77-55-72(94-96-92(70-35-15-5-16-36-70)95-93(97-94)71-37-17-6-18-38-71)56-78(69-53-49-65(50-54-69)63-29-9-2-10-30-63)83(77)61-98-88-59-90(99-84-43-23-19-39-73(84)74-40-20-24-44-85(74)99)79(66-31-11-3-12-32-66)57-81(88)82-58-80(67-33-13-4-14-34-67)91(60-89(82)98)100-86-45-25-21-41-75(86)76-42-22-26-46-87(76)100/h1-60H,61H2. The molecule has 6 nitrogen and oxygen atoms in total. The fraction of sp³-hybridized carbons (Fsp3) is 0.0106. The zero-order valence-corrected chi connectivity index (χ0v) is 54.5. The van der Waals surface area contributed by atoms with Crippen molar-refractivity contribution >= 4 is 65.4 Å². The number of aromatic nitrogens is 6. The average molecular weight is 1280 g/mol. The molecule has 19 rings (SSSR count). The molecule has 0 radical (unpaired) electrons. The molecular weight excluding hydrogens is 1210 g/mol. The predicted molar refractivity (Wildman–Crippen MR) is 416 cm³/mol. The summed E-state index contributed by atoms with van der Waals surface area (Å²) < 4.78 is 7.64. The Kier molecular flexibility index (Phi) is 14.2. The summed E-state index contributed by atoms with van der Waals surface area (Å²) in [6, 6.07) is 132. The molecule has 0 aliphatic carbocycles. The molecule has 0 aliphatic rings. The minimum Gasteiger partial charge on any atom is -0.336 e. The molecule has 0 amide bonds. The van der Waals surface area contributed by atoms with E-state index in [9.17, 15) is 0 Å². The predicted octanol–water partition coefficient (Wildman–Crippen LogP) is 24.2. The van der Waals surface area contributed by atoms with Crippen LogP contribution in [0, 0.1) is 0 Å². The highest BCUT2D eigenvalue weighted by molar-refractivity contribution is 6.16. The maximum absolute atomic E-state index is 5.45. The van der Waals surface area contributed by atoms with Crippen LogP contribution in [0.2, 0.25) is 0 Å². The molecule has 4 aromatic heterocycles. The molecule has 19 aromatic rings. The molecule has 0 N–H and O–H groups in total. The van der Waals surface area contributed by atoms with E-state index in [1.165, 1.54) is 21.5 Å². The summed E-state index contributed by atoms with van der Waals surface area (Å²) >= 11 is 0. The van der Waals surface area contributed by atoms with Crippen LogP contribution >= 0.6 is 0 Å². The van der Waals surface area contributed by atoms with Gasteiger partial charge in [0.2, 0.25) is 0 Å². The number of hydrogen-bond acceptors (Lipinski definition) is 3. The van der Waals surface area contributed by atoms with E-state index in [1.54, 1.807) is 0 Å². The highest BCUT2D eigenvalue weighted by Gasteiger charge is 2.27. The Morgan fingerprint density at radius 3 is 0.790 bits per heavy atom. The minimum atomic E-state index is 0.460. The Bertz CT molecular complexity index is 5820. The van der Waals surface area contributed by atoms with Gasteiger partial charge in [-0.1, -0.05) is 303 Å². The quantitative estimate of drug-likeness (QED) is 0.116. The second-order valence-electron chi connectivity index (χ2n) is 25.8. The van der Waals surface area contributed by atoms with E-state index in [4.69, 9.17) is 15.0 Å². The number of fused-ring (bicyclic) bond motifs is 9. The van der Waals surface area contributed by atoms with Gasteiger partial charge in [0.05, 0.1) is 44.5 Å². The van der Waals surface area contributed by atoms with Crippen LogP contribution in [0.15, 0.2) is 364 Å². The summed E-state index contributed by atoms with van der Waals surface area (Å²) in [5, 5.41) is 7.12. The molecule has 468 valence electrons. The van der Waals surface area contributed by atoms with E-state index < -0.39 is 0 Å². The molecule has 0 atom stereocenters. The molecule has 0 fully saturated rings. The third-order valence-corrected chi connectivity index (χ3v) is 20.0. The van der Waals surface area contributed by atoms with Crippen molar-refractivity contribution in [2.24, 2.45) is 0 Å². The molecule has 0 saturated carbocycles. The number of benzene rings is 15. The van der Waals surface area contributed by atoms with Crippen molar-refractivity contribution in [2.75, 3.05) is 0 Å². The Balaban J connectivity index is 0.955. The number of hydrogen-bond donors (Lipinski definition) is 0. The van der Waals surface area contributed by atoms with Crippen molar-refractivity contribution in [1.82, 2.24) is 28.7 Å². The average Bonchev–Trinajstić information content (AvgIpc) is 1.54. The summed E-state index contributed by atoms with van der Waals surface area (Å²) in [4.78, 5) is 16.1. The van der Waals surface area contributed by atoms with Gasteiger partial charge in [-0.3, -0.25) is 0 Å². The summed E-state index contributed by atoms with van der Waals surface area (Å²) in [7, 11) is 0. The van der Waals surface area contributed by atoms with Gasteiger partial charge in [-0.05, 0) is 122 Å². The van der Waals surface area contributed by atoms with Crippen LogP contribution in [-0.2, 0) is 6.54 Å². The van der Waals surface area contributed by atoms with Gasteiger partial charge in [0.15, 0.2) is 17.5 Å². The molecule has 0 bridgehead atoms. The number of para-hydroxylation sites is 4. The SMILES string of the molecule is c1ccc(-c2ccc(-c3cc(-c4nc(-c5ccccc5)nc(-c5ccccc5)n4)cc(-c4ccc(-c5ccccc5)cc4)c3Cn3c4cc(-n5c6ccccc6c6ccccc65)c(-c5ccccc5)cc4c4cc(-c5ccccc5)c(-n5c6ccccc6c6ccccc65)cc43)cc2)cc1. The van der Waals surface area contributed by atoms with Gasteiger partial charge in [-0.15, -0.1) is 0 Å². The molecule has 0 saturated heterocycles. The highest BCUT2D eigenvalue weighted by Crippen LogP contribution is 2.47. The van der Waals surface area contributed by atoms with Crippen molar-refractivity contribution in [1.29, 1.82) is 0 Å². The zero-order valence-electron chi connectivity index (χ0n) is 54.5. The lowest BCUT2D eigenvalue weighted by Gasteiger charge is -2.21. The third-order valence-electron chi connectivity index (χ3n) is 20.0. The van der Waals surface area contributed by atoms with Crippen LogP contribution in [0.1, 0.15) is 5.56 Å². The topological polar surface area (TPSA) is 53.5 Å². The minimum absolute atomic E-state index is 0.460. The van der Waals surface area contributed by atoms with Crippen molar-refractivity contribution in [3.8, 4) is 112 Å². The van der Waals surface area contributed by atoms with Gasteiger partial charge in [-0.25, -0.2) is 15.0 Å². The van der Waals surface area contributed by atoms with Crippen LogP contribution in [0.4, 0.5) is 0 Å². The van der Waals surface area contributed by atoms with Gasteiger partial charge in [-0.2, -0.15) is 0 Å². The lowest BCUT2D eigenvalue weighted by molar-refractivity contribution is 0.871. The van der Waals surface area contributed by atoms with Crippen LogP contribution in [0.25, 0.3) is 178 Å².